The normalized spacial score (nSPS) is 14.8. The SMILES string of the molecule is CC1=C(C(=O)Nc2ccccc2)[C@H](c2ccc(Cl)cc2)n2c(s/c(=C\c3ccc(-c4cc(C(=O)O)ccc4C)o3)c2=O)=N1. The molecule has 2 aromatic heterocycles. The highest BCUT2D eigenvalue weighted by atomic mass is 35.5. The Bertz CT molecular complexity index is 2110. The molecule has 1 atom stereocenters. The van der Waals surface area contributed by atoms with Crippen LogP contribution >= 0.6 is 22.9 Å². The summed E-state index contributed by atoms with van der Waals surface area (Å²) in [7, 11) is 0. The number of rotatable bonds is 6. The second-order valence-corrected chi connectivity index (χ2v) is 11.4. The molecule has 0 fully saturated rings. The maximum absolute atomic E-state index is 13.9. The van der Waals surface area contributed by atoms with E-state index >= 15 is 0 Å². The van der Waals surface area contributed by atoms with Crippen LogP contribution in [0.4, 0.5) is 5.69 Å². The number of para-hydroxylation sites is 1. The molecule has 0 aliphatic carbocycles. The molecule has 3 aromatic carbocycles. The highest BCUT2D eigenvalue weighted by Gasteiger charge is 2.32. The molecule has 0 saturated heterocycles. The van der Waals surface area contributed by atoms with E-state index in [0.29, 0.717) is 54.0 Å². The summed E-state index contributed by atoms with van der Waals surface area (Å²) < 4.78 is 7.93. The van der Waals surface area contributed by atoms with Gasteiger partial charge < -0.3 is 14.8 Å². The number of thiazole rings is 1. The van der Waals surface area contributed by atoms with Gasteiger partial charge >= 0.3 is 5.97 Å². The molecule has 3 heterocycles. The van der Waals surface area contributed by atoms with E-state index in [9.17, 15) is 19.5 Å². The second-order valence-electron chi connectivity index (χ2n) is 9.99. The van der Waals surface area contributed by atoms with Gasteiger partial charge in [-0.05, 0) is 73.5 Å². The third-order valence-corrected chi connectivity index (χ3v) is 8.37. The van der Waals surface area contributed by atoms with Crippen LogP contribution < -0.4 is 20.2 Å². The van der Waals surface area contributed by atoms with E-state index in [1.807, 2.05) is 25.1 Å². The van der Waals surface area contributed by atoms with Crippen molar-refractivity contribution in [3.8, 4) is 11.3 Å². The fourth-order valence-corrected chi connectivity index (χ4v) is 6.17. The Hall–Kier alpha value is -4.99. The molecule has 0 saturated carbocycles. The van der Waals surface area contributed by atoms with Gasteiger partial charge in [-0.15, -0.1) is 0 Å². The number of carbonyl (C=O) groups is 2. The number of fused-ring (bicyclic) bond motifs is 1. The first kappa shape index (κ1) is 28.1. The molecule has 2 N–H and O–H groups in total. The number of amides is 1. The molecule has 214 valence electrons. The zero-order chi connectivity index (χ0) is 30.2. The Morgan fingerprint density at radius 2 is 1.77 bits per heavy atom. The van der Waals surface area contributed by atoms with Gasteiger partial charge in [0.25, 0.3) is 11.5 Å². The molecule has 1 amide bonds. The van der Waals surface area contributed by atoms with Gasteiger partial charge in [0, 0.05) is 22.3 Å². The number of hydrogen-bond acceptors (Lipinski definition) is 6. The van der Waals surface area contributed by atoms with E-state index in [1.165, 1.54) is 15.9 Å². The van der Waals surface area contributed by atoms with E-state index in [4.69, 9.17) is 16.0 Å². The fourth-order valence-electron chi connectivity index (χ4n) is 5.02. The molecule has 43 heavy (non-hydrogen) atoms. The van der Waals surface area contributed by atoms with Crippen molar-refractivity contribution in [3.63, 3.8) is 0 Å². The molecule has 6 rings (SSSR count). The van der Waals surface area contributed by atoms with Crippen molar-refractivity contribution in [2.75, 3.05) is 5.32 Å². The van der Waals surface area contributed by atoms with Gasteiger partial charge in [-0.1, -0.05) is 59.3 Å². The Balaban J connectivity index is 1.44. The number of aromatic nitrogens is 1. The van der Waals surface area contributed by atoms with Crippen LogP contribution in [0.2, 0.25) is 5.02 Å². The summed E-state index contributed by atoms with van der Waals surface area (Å²) in [6, 6.07) is 23.7. The molecular formula is C33H24ClN3O5S. The molecule has 5 aromatic rings. The van der Waals surface area contributed by atoms with E-state index in [0.717, 1.165) is 5.56 Å². The highest BCUT2D eigenvalue weighted by Crippen LogP contribution is 2.32. The molecule has 0 bridgehead atoms. The first-order chi connectivity index (χ1) is 20.7. The Labute approximate surface area is 254 Å². The van der Waals surface area contributed by atoms with Crippen LogP contribution in [0.3, 0.4) is 0 Å². The number of nitrogens with zero attached hydrogens (tertiary/aromatic N) is 2. The van der Waals surface area contributed by atoms with Crippen LogP contribution in [0.15, 0.2) is 110 Å². The summed E-state index contributed by atoms with van der Waals surface area (Å²) in [6.07, 6.45) is 1.63. The lowest BCUT2D eigenvalue weighted by Gasteiger charge is -2.25. The minimum atomic E-state index is -1.03. The van der Waals surface area contributed by atoms with Crippen molar-refractivity contribution in [2.24, 2.45) is 4.99 Å². The van der Waals surface area contributed by atoms with Gasteiger partial charge in [-0.2, -0.15) is 0 Å². The number of anilines is 1. The predicted molar refractivity (Wildman–Crippen MR) is 166 cm³/mol. The summed E-state index contributed by atoms with van der Waals surface area (Å²) in [5, 5.41) is 12.9. The smallest absolute Gasteiger partial charge is 0.335 e. The number of carbonyl (C=O) groups excluding carboxylic acids is 1. The van der Waals surface area contributed by atoms with Crippen molar-refractivity contribution < 1.29 is 19.1 Å². The number of aromatic carboxylic acids is 1. The summed E-state index contributed by atoms with van der Waals surface area (Å²) in [6.45, 7) is 3.62. The number of carboxylic acids is 1. The quantitative estimate of drug-likeness (QED) is 0.253. The number of allylic oxidation sites excluding steroid dienone is 1. The van der Waals surface area contributed by atoms with Crippen LogP contribution in [0, 0.1) is 6.92 Å². The Morgan fingerprint density at radius 3 is 2.49 bits per heavy atom. The molecule has 1 aliphatic rings. The summed E-state index contributed by atoms with van der Waals surface area (Å²) >= 11 is 7.36. The van der Waals surface area contributed by atoms with Crippen LogP contribution in [0.5, 0.6) is 0 Å². The zero-order valence-electron chi connectivity index (χ0n) is 23.0. The summed E-state index contributed by atoms with van der Waals surface area (Å²) in [4.78, 5) is 44.2. The van der Waals surface area contributed by atoms with Crippen molar-refractivity contribution in [1.29, 1.82) is 0 Å². The van der Waals surface area contributed by atoms with Crippen molar-refractivity contribution in [2.45, 2.75) is 19.9 Å². The molecule has 8 nitrogen and oxygen atoms in total. The summed E-state index contributed by atoms with van der Waals surface area (Å²) in [5.41, 5.74) is 3.49. The van der Waals surface area contributed by atoms with Crippen LogP contribution in [0.1, 0.15) is 40.2 Å². The minimum Gasteiger partial charge on any atom is -0.478 e. The largest absolute Gasteiger partial charge is 0.478 e. The second kappa shape index (κ2) is 11.4. The van der Waals surface area contributed by atoms with Gasteiger partial charge in [0.2, 0.25) is 0 Å². The standard InChI is InChI=1S/C33H24ClN3O5S/c1-18-8-9-21(32(40)41)16-25(18)26-15-14-24(42-26)17-27-31(39)37-29(20-10-12-22(34)13-11-20)28(19(2)35-33(37)43-27)30(38)36-23-6-4-3-5-7-23/h3-17,29H,1-2H3,(H,36,38)(H,40,41)/b27-17-/t29-/m0/s1. The lowest BCUT2D eigenvalue weighted by Crippen LogP contribution is -2.40. The van der Waals surface area contributed by atoms with Crippen LogP contribution in [-0.2, 0) is 4.79 Å². The number of hydrogen-bond donors (Lipinski definition) is 2. The third kappa shape index (κ3) is 5.48. The molecular weight excluding hydrogens is 586 g/mol. The van der Waals surface area contributed by atoms with E-state index in [-0.39, 0.29) is 17.0 Å². The minimum absolute atomic E-state index is 0.150. The van der Waals surface area contributed by atoms with Crippen molar-refractivity contribution in [3.05, 3.63) is 143 Å². The van der Waals surface area contributed by atoms with Crippen LogP contribution in [-0.4, -0.2) is 21.6 Å². The van der Waals surface area contributed by atoms with Gasteiger partial charge in [0.15, 0.2) is 4.80 Å². The lowest BCUT2D eigenvalue weighted by molar-refractivity contribution is -0.113. The molecule has 0 spiro atoms. The van der Waals surface area contributed by atoms with Gasteiger partial charge in [-0.3, -0.25) is 14.2 Å². The number of halogens is 1. The summed E-state index contributed by atoms with van der Waals surface area (Å²) in [5.74, 6) is -0.497. The fraction of sp³-hybridized carbons (Fsp3) is 0.0909. The monoisotopic (exact) mass is 609 g/mol. The number of furan rings is 1. The molecule has 10 heteroatoms. The average molecular weight is 610 g/mol. The first-order valence-corrected chi connectivity index (χ1v) is 14.5. The first-order valence-electron chi connectivity index (χ1n) is 13.3. The molecule has 1 aliphatic heterocycles. The highest BCUT2D eigenvalue weighted by molar-refractivity contribution is 7.07. The zero-order valence-corrected chi connectivity index (χ0v) is 24.6. The molecule has 0 radical (unpaired) electrons. The average Bonchev–Trinajstić information content (AvgIpc) is 3.57. The van der Waals surface area contributed by atoms with E-state index in [1.54, 1.807) is 79.7 Å². The Morgan fingerprint density at radius 1 is 1.02 bits per heavy atom. The Kier molecular flexibility index (Phi) is 7.43. The van der Waals surface area contributed by atoms with Gasteiger partial charge in [-0.25, -0.2) is 9.79 Å². The lowest BCUT2D eigenvalue weighted by atomic mass is 9.95. The number of carboxylic acid groups (broad SMARTS) is 1. The number of aryl methyl sites for hydroxylation is 1. The maximum atomic E-state index is 13.9. The maximum Gasteiger partial charge on any atom is 0.335 e. The number of nitrogens with one attached hydrogen (secondary N) is 1. The van der Waals surface area contributed by atoms with Crippen LogP contribution in [0.25, 0.3) is 17.4 Å². The topological polar surface area (TPSA) is 114 Å². The van der Waals surface area contributed by atoms with Gasteiger partial charge in [0.1, 0.15) is 11.5 Å². The van der Waals surface area contributed by atoms with Crippen molar-refractivity contribution >= 4 is 46.6 Å². The van der Waals surface area contributed by atoms with Gasteiger partial charge in [0.05, 0.1) is 27.4 Å². The predicted octanol–water partition coefficient (Wildman–Crippen LogP) is 5.79. The van der Waals surface area contributed by atoms with E-state index < -0.39 is 12.0 Å². The van der Waals surface area contributed by atoms with E-state index in [2.05, 4.69) is 10.3 Å². The molecule has 0 unspecified atom stereocenters. The third-order valence-electron chi connectivity index (χ3n) is 7.13. The van der Waals surface area contributed by atoms with Crippen molar-refractivity contribution in [1.82, 2.24) is 4.57 Å². The number of benzene rings is 3.